The van der Waals surface area contributed by atoms with Gasteiger partial charge in [0.25, 0.3) is 5.56 Å². The first-order chi connectivity index (χ1) is 13.8. The first kappa shape index (κ1) is 25.1. The van der Waals surface area contributed by atoms with Crippen molar-refractivity contribution in [3.8, 4) is 11.1 Å². The van der Waals surface area contributed by atoms with Gasteiger partial charge in [0, 0.05) is 12.5 Å². The highest BCUT2D eigenvalue weighted by atomic mass is 32.1. The van der Waals surface area contributed by atoms with E-state index >= 15 is 0 Å². The summed E-state index contributed by atoms with van der Waals surface area (Å²) >= 11 is 3.72. The Kier molecular flexibility index (Phi) is 11.5. The average molecular weight is 420 g/mol. The predicted molar refractivity (Wildman–Crippen MR) is 127 cm³/mol. The summed E-state index contributed by atoms with van der Waals surface area (Å²) in [7, 11) is 0. The lowest BCUT2D eigenvalue weighted by molar-refractivity contribution is -0.110. The Morgan fingerprint density at radius 2 is 1.69 bits per heavy atom. The lowest BCUT2D eigenvalue weighted by Crippen LogP contribution is -2.19. The van der Waals surface area contributed by atoms with Crippen LogP contribution in [0.3, 0.4) is 0 Å². The molecule has 0 fully saturated rings. The van der Waals surface area contributed by atoms with Crippen LogP contribution in [-0.2, 0) is 4.79 Å². The number of aryl methyl sites for hydroxylation is 1. The molecule has 0 saturated carbocycles. The Morgan fingerprint density at radius 3 is 2.21 bits per heavy atom. The van der Waals surface area contributed by atoms with Crippen molar-refractivity contribution < 1.29 is 4.79 Å². The number of rotatable bonds is 10. The molecule has 0 aliphatic heterocycles. The fraction of sp³-hybridized carbons (Fsp3) is 0.565. The number of hydrogen-bond donors (Lipinski definition) is 3. The highest BCUT2D eigenvalue weighted by molar-refractivity contribution is 7.96. The third-order valence-corrected chi connectivity index (χ3v) is 5.09. The second kappa shape index (κ2) is 13.3. The topological polar surface area (TPSA) is 80.9 Å². The van der Waals surface area contributed by atoms with Crippen LogP contribution in [0, 0.1) is 6.92 Å². The van der Waals surface area contributed by atoms with E-state index in [2.05, 4.69) is 24.7 Å². The largest absolute Gasteiger partial charge is 0.383 e. The smallest absolute Gasteiger partial charge is 0.276 e. The van der Waals surface area contributed by atoms with Crippen molar-refractivity contribution in [2.24, 2.45) is 0 Å². The lowest BCUT2D eigenvalue weighted by atomic mass is 10.0. The summed E-state index contributed by atoms with van der Waals surface area (Å²) in [5, 5.41) is 2.95. The van der Waals surface area contributed by atoms with Gasteiger partial charge in [-0.15, -0.1) is 12.6 Å². The molecule has 2 aromatic rings. The molecule has 0 aliphatic rings. The van der Waals surface area contributed by atoms with E-state index in [1.165, 1.54) is 38.5 Å². The molecule has 5 nitrogen and oxygen atoms in total. The van der Waals surface area contributed by atoms with E-state index in [4.69, 9.17) is 5.73 Å². The van der Waals surface area contributed by atoms with Gasteiger partial charge in [-0.1, -0.05) is 69.7 Å². The molecule has 162 valence electrons. The molecule has 0 radical (unpaired) electrons. The van der Waals surface area contributed by atoms with E-state index in [1.807, 2.05) is 45.0 Å². The molecular formula is C23H37N3O2S. The van der Waals surface area contributed by atoms with Crippen LogP contribution in [0.1, 0.15) is 83.7 Å². The van der Waals surface area contributed by atoms with Gasteiger partial charge in [0.05, 0.1) is 5.56 Å². The maximum atomic E-state index is 12.2. The number of benzene rings is 1. The van der Waals surface area contributed by atoms with Crippen LogP contribution in [0.4, 0.5) is 5.82 Å². The number of nitrogen functional groups attached to an aromatic ring is 1. The van der Waals surface area contributed by atoms with Gasteiger partial charge in [0.1, 0.15) is 5.82 Å². The first-order valence-electron chi connectivity index (χ1n) is 10.7. The van der Waals surface area contributed by atoms with Gasteiger partial charge in [-0.05, 0) is 38.3 Å². The van der Waals surface area contributed by atoms with Crippen molar-refractivity contribution in [3.63, 3.8) is 0 Å². The van der Waals surface area contributed by atoms with Crippen LogP contribution in [0.25, 0.3) is 11.1 Å². The van der Waals surface area contributed by atoms with E-state index < -0.39 is 0 Å². The normalized spacial score (nSPS) is 10.7. The molecule has 1 aromatic carbocycles. The van der Waals surface area contributed by atoms with Gasteiger partial charge in [-0.25, -0.2) is 4.68 Å². The van der Waals surface area contributed by atoms with Crippen LogP contribution in [-0.4, -0.2) is 14.9 Å². The van der Waals surface area contributed by atoms with Gasteiger partial charge in [0.15, 0.2) is 5.12 Å². The van der Waals surface area contributed by atoms with E-state index in [1.54, 1.807) is 4.68 Å². The highest BCUT2D eigenvalue weighted by Crippen LogP contribution is 2.24. The third kappa shape index (κ3) is 8.52. The molecule has 1 heterocycles. The van der Waals surface area contributed by atoms with Gasteiger partial charge >= 0.3 is 0 Å². The van der Waals surface area contributed by atoms with Crippen molar-refractivity contribution in [1.82, 2.24) is 9.78 Å². The number of nitrogens with zero attached hydrogens (tertiary/aromatic N) is 1. The van der Waals surface area contributed by atoms with Crippen LogP contribution < -0.4 is 11.3 Å². The fourth-order valence-corrected chi connectivity index (χ4v) is 3.34. The van der Waals surface area contributed by atoms with Crippen molar-refractivity contribution in [2.45, 2.75) is 85.1 Å². The molecule has 6 heteroatoms. The number of nitrogens with one attached hydrogen (secondary N) is 1. The minimum absolute atomic E-state index is 0.0311. The van der Waals surface area contributed by atoms with Crippen molar-refractivity contribution in [2.75, 3.05) is 5.73 Å². The number of anilines is 1. The number of thiol groups is 1. The van der Waals surface area contributed by atoms with E-state index in [9.17, 15) is 9.59 Å². The molecule has 2 rings (SSSR count). The molecule has 0 amide bonds. The van der Waals surface area contributed by atoms with Gasteiger partial charge in [0.2, 0.25) is 0 Å². The molecular weight excluding hydrogens is 382 g/mol. The number of hydrogen-bond acceptors (Lipinski definition) is 3. The number of H-pyrrole nitrogens is 1. The van der Waals surface area contributed by atoms with E-state index in [0.29, 0.717) is 17.8 Å². The molecule has 0 spiro atoms. The third-order valence-electron chi connectivity index (χ3n) is 4.87. The molecule has 3 N–H and O–H groups in total. The zero-order valence-electron chi connectivity index (χ0n) is 18.3. The summed E-state index contributed by atoms with van der Waals surface area (Å²) < 4.78 is 1.55. The highest BCUT2D eigenvalue weighted by Gasteiger charge is 2.16. The summed E-state index contributed by atoms with van der Waals surface area (Å²) in [6.07, 6.45) is 9.48. The van der Waals surface area contributed by atoms with Crippen molar-refractivity contribution >= 4 is 23.6 Å². The number of unbranched alkanes of at least 4 members (excludes halogenated alkanes) is 6. The van der Waals surface area contributed by atoms with Gasteiger partial charge in [-0.2, -0.15) is 0 Å². The number of carbonyl (C=O) groups is 1. The minimum Gasteiger partial charge on any atom is -0.383 e. The second-order valence-corrected chi connectivity index (χ2v) is 8.25. The summed E-state index contributed by atoms with van der Waals surface area (Å²) in [6, 6.07) is 7.82. The second-order valence-electron chi connectivity index (χ2n) is 7.75. The molecule has 0 bridgehead atoms. The number of aromatic amines is 1. The molecule has 1 aromatic heterocycles. The summed E-state index contributed by atoms with van der Waals surface area (Å²) in [6.45, 7) is 8.08. The Hall–Kier alpha value is -1.95. The lowest BCUT2D eigenvalue weighted by Gasteiger charge is -2.04. The van der Waals surface area contributed by atoms with Gasteiger partial charge in [-0.3, -0.25) is 14.7 Å². The van der Waals surface area contributed by atoms with Crippen LogP contribution in [0.2, 0.25) is 0 Å². The first-order valence-corrected chi connectivity index (χ1v) is 11.1. The number of aromatic nitrogens is 2. The Morgan fingerprint density at radius 1 is 1.10 bits per heavy atom. The maximum Gasteiger partial charge on any atom is 0.276 e. The zero-order valence-corrected chi connectivity index (χ0v) is 19.2. The number of nitrogens with two attached hydrogens (primary N) is 1. The summed E-state index contributed by atoms with van der Waals surface area (Å²) in [4.78, 5) is 22.7. The SMILES string of the molecule is CCCCCCCCCC(=O)S.Cc1ccccc1-c1c(N)[nH]n(C(C)C)c1=O. The summed E-state index contributed by atoms with van der Waals surface area (Å²) in [5.74, 6) is 0.429. The summed E-state index contributed by atoms with van der Waals surface area (Å²) in [5.41, 5.74) is 8.35. The van der Waals surface area contributed by atoms with Gasteiger partial charge < -0.3 is 5.73 Å². The fourth-order valence-electron chi connectivity index (χ4n) is 3.18. The quantitative estimate of drug-likeness (QED) is 0.331. The molecule has 0 unspecified atom stereocenters. The van der Waals surface area contributed by atoms with Crippen molar-refractivity contribution in [1.29, 1.82) is 0 Å². The van der Waals surface area contributed by atoms with Crippen LogP contribution in [0.15, 0.2) is 29.1 Å². The van der Waals surface area contributed by atoms with Crippen LogP contribution >= 0.6 is 12.6 Å². The Labute approximate surface area is 180 Å². The average Bonchev–Trinajstić information content (AvgIpc) is 2.96. The van der Waals surface area contributed by atoms with Crippen molar-refractivity contribution in [3.05, 3.63) is 40.2 Å². The number of carbonyl (C=O) groups excluding carboxylic acids is 1. The molecule has 29 heavy (non-hydrogen) atoms. The van der Waals surface area contributed by atoms with E-state index in [0.717, 1.165) is 17.5 Å². The predicted octanol–water partition coefficient (Wildman–Crippen LogP) is 5.90. The van der Waals surface area contributed by atoms with Crippen LogP contribution in [0.5, 0.6) is 0 Å². The Bertz CT molecular complexity index is 809. The molecule has 0 atom stereocenters. The molecule has 0 saturated heterocycles. The monoisotopic (exact) mass is 419 g/mol. The zero-order chi connectivity index (χ0) is 21.8. The molecule has 0 aliphatic carbocycles. The minimum atomic E-state index is -0.0631. The Balaban J connectivity index is 0.000000311. The standard InChI is InChI=1S/C13H17N3O.C10H20OS/c1-8(2)16-13(17)11(12(14)15-16)10-7-5-4-6-9(10)3;1-2-3-4-5-6-7-8-9-10(11)12/h4-8,15H,14H2,1-3H3;2-9H2,1H3,(H,11,12). The maximum absolute atomic E-state index is 12.2. The van der Waals surface area contributed by atoms with E-state index in [-0.39, 0.29) is 16.7 Å².